The summed E-state index contributed by atoms with van der Waals surface area (Å²) in [6.07, 6.45) is 0.928. The van der Waals surface area contributed by atoms with E-state index in [1.807, 2.05) is 24.3 Å². The van der Waals surface area contributed by atoms with Crippen LogP contribution < -0.4 is 0 Å². The molecule has 0 aliphatic carbocycles. The van der Waals surface area contributed by atoms with Crippen molar-refractivity contribution in [3.63, 3.8) is 0 Å². The summed E-state index contributed by atoms with van der Waals surface area (Å²) < 4.78 is 0. The lowest BCUT2D eigenvalue weighted by Crippen LogP contribution is -1.96. The highest BCUT2D eigenvalue weighted by Crippen LogP contribution is 2.23. The van der Waals surface area contributed by atoms with E-state index in [9.17, 15) is 0 Å². The topological polar surface area (TPSA) is 39.6 Å². The third kappa shape index (κ3) is 1.73. The molecule has 76 valence electrons. The molecule has 0 saturated heterocycles. The van der Waals surface area contributed by atoms with Crippen LogP contribution in [0.3, 0.4) is 0 Å². The van der Waals surface area contributed by atoms with Gasteiger partial charge in [0.1, 0.15) is 6.07 Å². The van der Waals surface area contributed by atoms with Gasteiger partial charge in [-0.1, -0.05) is 32.0 Å². The first kappa shape index (κ1) is 9.79. The Hall–Kier alpha value is -1.75. The average Bonchev–Trinajstić information content (AvgIpc) is 2.53. The van der Waals surface area contributed by atoms with Crippen molar-refractivity contribution >= 4 is 10.9 Å². The van der Waals surface area contributed by atoms with Gasteiger partial charge in [-0.05, 0) is 18.4 Å². The second-order valence-electron chi connectivity index (χ2n) is 4.23. The van der Waals surface area contributed by atoms with Crippen LogP contribution in [0.1, 0.15) is 25.1 Å². The lowest BCUT2D eigenvalue weighted by molar-refractivity contribution is 0.638. The minimum Gasteiger partial charge on any atom is -0.357 e. The van der Waals surface area contributed by atoms with E-state index in [0.29, 0.717) is 5.92 Å². The Labute approximate surface area is 89.5 Å². The quantitative estimate of drug-likeness (QED) is 0.790. The molecule has 0 atom stereocenters. The summed E-state index contributed by atoms with van der Waals surface area (Å²) >= 11 is 0. The summed E-state index contributed by atoms with van der Waals surface area (Å²) in [5, 5.41) is 10.2. The second-order valence-corrected chi connectivity index (χ2v) is 4.23. The van der Waals surface area contributed by atoms with E-state index in [2.05, 4.69) is 24.9 Å². The maximum absolute atomic E-state index is 9.15. The number of hydrogen-bond acceptors (Lipinski definition) is 1. The van der Waals surface area contributed by atoms with Crippen LogP contribution >= 0.6 is 0 Å². The molecule has 0 aliphatic rings. The van der Waals surface area contributed by atoms with E-state index in [0.717, 1.165) is 28.6 Å². The molecule has 2 nitrogen and oxygen atoms in total. The Balaban J connectivity index is 2.60. The fourth-order valence-corrected chi connectivity index (χ4v) is 1.89. The number of nitriles is 1. The Morgan fingerprint density at radius 2 is 2.07 bits per heavy atom. The predicted octanol–water partition coefficient (Wildman–Crippen LogP) is 3.24. The zero-order valence-electron chi connectivity index (χ0n) is 9.04. The number of fused-ring (bicyclic) bond motifs is 1. The highest BCUT2D eigenvalue weighted by atomic mass is 14.7. The van der Waals surface area contributed by atoms with Crippen molar-refractivity contribution in [2.75, 3.05) is 0 Å². The van der Waals surface area contributed by atoms with Crippen molar-refractivity contribution in [3.05, 3.63) is 35.5 Å². The number of nitrogens with zero attached hydrogens (tertiary/aromatic N) is 1. The van der Waals surface area contributed by atoms with Gasteiger partial charge in [-0.2, -0.15) is 5.26 Å². The molecule has 2 rings (SSSR count). The van der Waals surface area contributed by atoms with Crippen LogP contribution in [0.2, 0.25) is 0 Å². The van der Waals surface area contributed by atoms with Crippen LogP contribution in [0.5, 0.6) is 0 Å². The summed E-state index contributed by atoms with van der Waals surface area (Å²) in [6, 6.07) is 10.3. The molecule has 0 amide bonds. The van der Waals surface area contributed by atoms with Gasteiger partial charge in [0.2, 0.25) is 0 Å². The molecule has 0 fully saturated rings. The summed E-state index contributed by atoms with van der Waals surface area (Å²) in [4.78, 5) is 3.32. The zero-order chi connectivity index (χ0) is 10.8. The first-order valence-electron chi connectivity index (χ1n) is 5.22. The van der Waals surface area contributed by atoms with Crippen LogP contribution in [-0.2, 0) is 6.42 Å². The highest BCUT2D eigenvalue weighted by Gasteiger charge is 2.11. The van der Waals surface area contributed by atoms with E-state index in [4.69, 9.17) is 5.26 Å². The standard InChI is InChI=1S/C13H14N2/c1-9(2)7-13-11(8-14)10-5-3-4-6-12(10)15-13/h3-6,9,15H,7H2,1-2H3. The first-order chi connectivity index (χ1) is 7.22. The number of aromatic amines is 1. The van der Waals surface area contributed by atoms with Gasteiger partial charge in [-0.25, -0.2) is 0 Å². The number of hydrogen-bond donors (Lipinski definition) is 1. The highest BCUT2D eigenvalue weighted by molar-refractivity contribution is 5.87. The fraction of sp³-hybridized carbons (Fsp3) is 0.308. The smallest absolute Gasteiger partial charge is 0.102 e. The minimum absolute atomic E-state index is 0.560. The fourth-order valence-electron chi connectivity index (χ4n) is 1.89. The molecule has 1 aromatic carbocycles. The molecule has 1 heterocycles. The third-order valence-corrected chi connectivity index (χ3v) is 2.51. The van der Waals surface area contributed by atoms with Crippen molar-refractivity contribution in [2.24, 2.45) is 5.92 Å². The predicted molar refractivity (Wildman–Crippen MR) is 61.6 cm³/mol. The second kappa shape index (κ2) is 3.78. The zero-order valence-corrected chi connectivity index (χ0v) is 9.04. The normalized spacial score (nSPS) is 10.8. The van der Waals surface area contributed by atoms with E-state index in [-0.39, 0.29) is 0 Å². The Morgan fingerprint density at radius 3 is 2.73 bits per heavy atom. The first-order valence-corrected chi connectivity index (χ1v) is 5.22. The number of rotatable bonds is 2. The monoisotopic (exact) mass is 198 g/mol. The van der Waals surface area contributed by atoms with Gasteiger partial charge in [-0.15, -0.1) is 0 Å². The Bertz CT molecular complexity index is 515. The van der Waals surface area contributed by atoms with Crippen molar-refractivity contribution in [3.8, 4) is 6.07 Å². The van der Waals surface area contributed by atoms with Gasteiger partial charge in [0.15, 0.2) is 0 Å². The van der Waals surface area contributed by atoms with Gasteiger partial charge < -0.3 is 4.98 Å². The van der Waals surface area contributed by atoms with Gasteiger partial charge in [0.25, 0.3) is 0 Å². The summed E-state index contributed by atoms with van der Waals surface area (Å²) in [6.45, 7) is 4.32. The molecule has 2 aromatic rings. The van der Waals surface area contributed by atoms with E-state index < -0.39 is 0 Å². The molecule has 15 heavy (non-hydrogen) atoms. The maximum Gasteiger partial charge on any atom is 0.102 e. The van der Waals surface area contributed by atoms with Crippen LogP contribution in [0.15, 0.2) is 24.3 Å². The SMILES string of the molecule is CC(C)Cc1[nH]c2ccccc2c1C#N. The maximum atomic E-state index is 9.15. The molecule has 0 spiro atoms. The number of para-hydroxylation sites is 1. The Morgan fingerprint density at radius 1 is 1.33 bits per heavy atom. The summed E-state index contributed by atoms with van der Waals surface area (Å²) in [5.74, 6) is 0.560. The molecular formula is C13H14N2. The van der Waals surface area contributed by atoms with E-state index >= 15 is 0 Å². The van der Waals surface area contributed by atoms with Crippen molar-refractivity contribution in [1.29, 1.82) is 5.26 Å². The molecule has 0 saturated carbocycles. The lowest BCUT2D eigenvalue weighted by atomic mass is 10.0. The molecule has 0 aliphatic heterocycles. The largest absolute Gasteiger partial charge is 0.357 e. The third-order valence-electron chi connectivity index (χ3n) is 2.51. The number of H-pyrrole nitrogens is 1. The van der Waals surface area contributed by atoms with Crippen molar-refractivity contribution in [2.45, 2.75) is 20.3 Å². The van der Waals surface area contributed by atoms with Gasteiger partial charge in [-0.3, -0.25) is 0 Å². The molecule has 0 bridgehead atoms. The molecule has 1 aromatic heterocycles. The minimum atomic E-state index is 0.560. The van der Waals surface area contributed by atoms with Crippen LogP contribution in [0.4, 0.5) is 0 Å². The van der Waals surface area contributed by atoms with Crippen LogP contribution in [-0.4, -0.2) is 4.98 Å². The molecule has 1 N–H and O–H groups in total. The number of aromatic nitrogens is 1. The summed E-state index contributed by atoms with van der Waals surface area (Å²) in [7, 11) is 0. The van der Waals surface area contributed by atoms with Crippen LogP contribution in [0, 0.1) is 17.2 Å². The Kier molecular flexibility index (Phi) is 2.47. The van der Waals surface area contributed by atoms with Gasteiger partial charge >= 0.3 is 0 Å². The van der Waals surface area contributed by atoms with Gasteiger partial charge in [0, 0.05) is 16.6 Å². The van der Waals surface area contributed by atoms with Crippen LogP contribution in [0.25, 0.3) is 10.9 Å². The van der Waals surface area contributed by atoms with E-state index in [1.165, 1.54) is 0 Å². The summed E-state index contributed by atoms with van der Waals surface area (Å²) in [5.41, 5.74) is 2.93. The van der Waals surface area contributed by atoms with Crippen molar-refractivity contribution in [1.82, 2.24) is 4.98 Å². The lowest BCUT2D eigenvalue weighted by Gasteiger charge is -2.01. The molecule has 2 heteroatoms. The van der Waals surface area contributed by atoms with Gasteiger partial charge in [0.05, 0.1) is 5.56 Å². The number of benzene rings is 1. The molecule has 0 radical (unpaired) electrons. The van der Waals surface area contributed by atoms with E-state index in [1.54, 1.807) is 0 Å². The average molecular weight is 198 g/mol. The number of nitrogens with one attached hydrogen (secondary N) is 1. The van der Waals surface area contributed by atoms with Crippen molar-refractivity contribution < 1.29 is 0 Å². The molecular weight excluding hydrogens is 184 g/mol. The molecule has 0 unspecified atom stereocenters.